The first-order valence-electron chi connectivity index (χ1n) is 17.7. The number of hydrogen-bond acceptors (Lipinski definition) is 9. The summed E-state index contributed by atoms with van der Waals surface area (Å²) in [5, 5.41) is 26.9. The maximum Gasteiger partial charge on any atom is 0.407 e. The van der Waals surface area contributed by atoms with Crippen LogP contribution < -0.4 is 5.32 Å². The summed E-state index contributed by atoms with van der Waals surface area (Å²) in [6, 6.07) is 0. The Morgan fingerprint density at radius 1 is 1.04 bits per heavy atom. The molecule has 0 aromatic carbocycles. The van der Waals surface area contributed by atoms with E-state index in [0.29, 0.717) is 23.5 Å². The van der Waals surface area contributed by atoms with Crippen LogP contribution in [0.2, 0.25) is 0 Å². The van der Waals surface area contributed by atoms with Gasteiger partial charge in [0.2, 0.25) is 0 Å². The minimum atomic E-state index is -0.754. The van der Waals surface area contributed by atoms with Crippen LogP contribution in [0.1, 0.15) is 98.1 Å². The Labute approximate surface area is 309 Å². The lowest BCUT2D eigenvalue weighted by atomic mass is 9.91. The zero-order valence-corrected chi connectivity index (χ0v) is 33.1. The van der Waals surface area contributed by atoms with E-state index >= 15 is 0 Å². The maximum absolute atomic E-state index is 13.2. The number of thiazole rings is 1. The summed E-state index contributed by atoms with van der Waals surface area (Å²) in [5.41, 5.74) is 4.37. The van der Waals surface area contributed by atoms with E-state index in [1.807, 2.05) is 104 Å². The van der Waals surface area contributed by atoms with Crippen LogP contribution in [0.3, 0.4) is 0 Å². The quantitative estimate of drug-likeness (QED) is 0.197. The monoisotopic (exact) mass is 724 g/mol. The minimum Gasteiger partial charge on any atom is -0.452 e. The van der Waals surface area contributed by atoms with Crippen molar-refractivity contribution in [3.63, 3.8) is 0 Å². The number of amides is 1. The highest BCUT2D eigenvalue weighted by Crippen LogP contribution is 2.34. The van der Waals surface area contributed by atoms with Gasteiger partial charge in [0.1, 0.15) is 5.01 Å². The van der Waals surface area contributed by atoms with Crippen LogP contribution in [0.25, 0.3) is 0 Å². The van der Waals surface area contributed by atoms with Crippen LogP contribution in [-0.4, -0.2) is 59.7 Å². The first-order valence-corrected chi connectivity index (χ1v) is 18.6. The number of esters is 1. The molecule has 10 heteroatoms. The molecule has 8 atom stereocenters. The minimum absolute atomic E-state index is 0.143. The van der Waals surface area contributed by atoms with E-state index in [9.17, 15) is 19.8 Å². The number of ether oxygens (including phenoxy) is 3. The van der Waals surface area contributed by atoms with Crippen molar-refractivity contribution in [2.45, 2.75) is 106 Å². The molecule has 3 N–H and O–H groups in total. The van der Waals surface area contributed by atoms with E-state index in [1.165, 1.54) is 24.5 Å². The molecule has 0 radical (unpaired) electrons. The van der Waals surface area contributed by atoms with Gasteiger partial charge in [0, 0.05) is 43.4 Å². The summed E-state index contributed by atoms with van der Waals surface area (Å²) in [4.78, 5) is 30.2. The zero-order chi connectivity index (χ0) is 38.2. The van der Waals surface area contributed by atoms with E-state index in [1.54, 1.807) is 25.3 Å². The number of carbonyl (C=O) groups excluding carboxylic acids is 2. The van der Waals surface area contributed by atoms with E-state index in [-0.39, 0.29) is 29.8 Å². The fourth-order valence-corrected chi connectivity index (χ4v) is 6.70. The number of methoxy groups -OCH3 is 1. The third kappa shape index (κ3) is 14.9. The van der Waals surface area contributed by atoms with Gasteiger partial charge >= 0.3 is 12.1 Å². The predicted octanol–water partition coefficient (Wildman–Crippen LogP) is 8.67. The van der Waals surface area contributed by atoms with Crippen molar-refractivity contribution in [3.05, 3.63) is 99.1 Å². The fourth-order valence-electron chi connectivity index (χ4n) is 5.82. The largest absolute Gasteiger partial charge is 0.452 e. The van der Waals surface area contributed by atoms with Gasteiger partial charge in [-0.15, -0.1) is 11.3 Å². The molecule has 1 aliphatic rings. The van der Waals surface area contributed by atoms with E-state index < -0.39 is 36.5 Å². The maximum atomic E-state index is 13.2. The third-order valence-corrected chi connectivity index (χ3v) is 9.64. The number of aliphatic hydroxyl groups excluding tert-OH is 2. The van der Waals surface area contributed by atoms with E-state index in [4.69, 9.17) is 19.2 Å². The highest BCUT2D eigenvalue weighted by molar-refractivity contribution is 7.09. The third-order valence-electron chi connectivity index (χ3n) is 8.68. The Hall–Kier alpha value is -3.57. The smallest absolute Gasteiger partial charge is 0.407 e. The van der Waals surface area contributed by atoms with Gasteiger partial charge in [-0.1, -0.05) is 106 Å². The molecule has 0 spiro atoms. The summed E-state index contributed by atoms with van der Waals surface area (Å²) < 4.78 is 17.5. The Kier molecular flexibility index (Phi) is 18.6. The fraction of sp³-hybridized carbons (Fsp3) is 0.537. The Morgan fingerprint density at radius 3 is 2.39 bits per heavy atom. The molecule has 0 saturated heterocycles. The molecule has 0 aliphatic carbocycles. The summed E-state index contributed by atoms with van der Waals surface area (Å²) in [7, 11) is 3.14. The van der Waals surface area contributed by atoms with E-state index in [2.05, 4.69) is 5.32 Å². The van der Waals surface area contributed by atoms with Crippen LogP contribution in [0, 0.1) is 23.7 Å². The van der Waals surface area contributed by atoms with Crippen LogP contribution >= 0.6 is 11.3 Å². The van der Waals surface area contributed by atoms with Crippen LogP contribution in [0.4, 0.5) is 4.79 Å². The first kappa shape index (κ1) is 43.6. The molecule has 2 heterocycles. The van der Waals surface area contributed by atoms with Gasteiger partial charge in [0.15, 0.2) is 12.2 Å². The Balaban J connectivity index is 2.55. The van der Waals surface area contributed by atoms with Crippen molar-refractivity contribution in [2.75, 3.05) is 14.2 Å². The van der Waals surface area contributed by atoms with E-state index in [0.717, 1.165) is 22.3 Å². The number of hydrogen-bond donors (Lipinski definition) is 3. The zero-order valence-electron chi connectivity index (χ0n) is 32.3. The average molecular weight is 725 g/mol. The van der Waals surface area contributed by atoms with Gasteiger partial charge in [-0.05, 0) is 52.0 Å². The predicted molar refractivity (Wildman–Crippen MR) is 206 cm³/mol. The van der Waals surface area contributed by atoms with Gasteiger partial charge in [-0.3, -0.25) is 0 Å². The number of rotatable bonds is 6. The van der Waals surface area contributed by atoms with Crippen molar-refractivity contribution >= 4 is 23.4 Å². The molecule has 0 fully saturated rings. The summed E-state index contributed by atoms with van der Waals surface area (Å²) in [6.45, 7) is 17.8. The first-order chi connectivity index (χ1) is 24.1. The second kappa shape index (κ2) is 21.7. The molecule has 51 heavy (non-hydrogen) atoms. The molecule has 0 bridgehead atoms. The van der Waals surface area contributed by atoms with Crippen LogP contribution in [-0.2, 0) is 19.0 Å². The molecule has 282 valence electrons. The summed E-state index contributed by atoms with van der Waals surface area (Å²) >= 11 is 1.36. The van der Waals surface area contributed by atoms with Crippen LogP contribution in [0.5, 0.6) is 0 Å². The topological polar surface area (TPSA) is 127 Å². The molecule has 1 aliphatic heterocycles. The highest BCUT2D eigenvalue weighted by atomic mass is 32.1. The lowest BCUT2D eigenvalue weighted by molar-refractivity contribution is -0.145. The Bertz CT molecular complexity index is 1500. The normalized spacial score (nSPS) is 33.0. The molecule has 9 nitrogen and oxygen atoms in total. The number of cyclic esters (lactones) is 1. The van der Waals surface area contributed by atoms with Gasteiger partial charge < -0.3 is 29.7 Å². The molecular formula is C41H60N2O7S. The molecule has 0 unspecified atom stereocenters. The van der Waals surface area contributed by atoms with Gasteiger partial charge in [-0.2, -0.15) is 0 Å². The number of aromatic nitrogens is 1. The van der Waals surface area contributed by atoms with Crippen molar-refractivity contribution in [1.82, 2.24) is 10.3 Å². The number of nitrogens with one attached hydrogen (secondary N) is 1. The van der Waals surface area contributed by atoms with Crippen molar-refractivity contribution in [2.24, 2.45) is 23.7 Å². The number of aliphatic hydroxyl groups is 2. The highest BCUT2D eigenvalue weighted by Gasteiger charge is 2.28. The van der Waals surface area contributed by atoms with Crippen molar-refractivity contribution < 1.29 is 34.0 Å². The number of allylic oxidation sites excluding steroid dienone is 8. The molecule has 1 amide bonds. The molecule has 1 aromatic heterocycles. The molecule has 2 rings (SSSR count). The number of alkyl carbamates (subject to hydrolysis) is 1. The summed E-state index contributed by atoms with van der Waals surface area (Å²) in [5.74, 6) is -0.937. The number of nitrogens with zero attached hydrogens (tertiary/aromatic N) is 1. The summed E-state index contributed by atoms with van der Waals surface area (Å²) in [6.07, 6.45) is 15.9. The second-order valence-corrected chi connectivity index (χ2v) is 14.9. The lowest BCUT2D eigenvalue weighted by Gasteiger charge is -2.26. The van der Waals surface area contributed by atoms with Gasteiger partial charge in [-0.25, -0.2) is 14.6 Å². The molecule has 1 aromatic rings. The van der Waals surface area contributed by atoms with Gasteiger partial charge in [0.05, 0.1) is 24.0 Å². The van der Waals surface area contributed by atoms with Crippen LogP contribution in [0.15, 0.2) is 88.4 Å². The number of carbonyl (C=O) groups is 2. The van der Waals surface area contributed by atoms with Gasteiger partial charge in [0.25, 0.3) is 0 Å². The van der Waals surface area contributed by atoms with Crippen molar-refractivity contribution in [3.8, 4) is 0 Å². The average Bonchev–Trinajstić information content (AvgIpc) is 3.55. The van der Waals surface area contributed by atoms with Crippen molar-refractivity contribution in [1.29, 1.82) is 0 Å². The Morgan fingerprint density at radius 2 is 1.75 bits per heavy atom. The standard InChI is InChI=1S/C41H60N2O7S/c1-25(2)20-36(49-41(47)42-10)40-43-33(24-51-40)39-30(7)16-13-15-29(6)38(48-11)32(9)34(44)19-18-27(4)21-28(5)22-31(8)35(45)23-26(3)14-12-17-37(46)50-39/h12-13,15-19,21-25,30-32,34-36,38-39,44-45H,14,20H2,1-11H3,(H,42,47)/b16-13-,17-12-,19-18-,26-23-,27-21-,28-22-,29-15-/t30-,31-,32+,34+,35-,36+,38-,39-/m0/s1. The molecule has 0 saturated carbocycles. The molecular weight excluding hydrogens is 665 g/mol. The second-order valence-electron chi connectivity index (χ2n) is 14.0. The lowest BCUT2D eigenvalue weighted by Crippen LogP contribution is -2.30. The SMILES string of the molecule is CNC(=O)O[C@H](CC(C)C)c1nc([C@H]2OC(=O)/C=C\C/C(C)=C\[C@H](O)[C@@H](C)\C=C(C)/C=C(C)\C=C/[C@@H](O)[C@@H](C)[C@@H](OC)/C(C)=C\C=C/[C@@H]2C)cs1.